The van der Waals surface area contributed by atoms with Gasteiger partial charge in [0, 0.05) is 24.3 Å². The Labute approximate surface area is 84.0 Å². The van der Waals surface area contributed by atoms with Crippen LogP contribution < -0.4 is 4.90 Å². The maximum absolute atomic E-state index is 12.9. The second-order valence-corrected chi connectivity index (χ2v) is 3.77. The first-order valence-corrected chi connectivity index (χ1v) is 4.79. The molecule has 0 N–H and O–H groups in total. The van der Waals surface area contributed by atoms with Gasteiger partial charge in [0.25, 0.3) is 0 Å². The molecule has 0 unspecified atom stereocenters. The minimum atomic E-state index is -0.485. The van der Waals surface area contributed by atoms with Crippen molar-refractivity contribution >= 4 is 5.95 Å². The fourth-order valence-electron chi connectivity index (χ4n) is 1.51. The molecule has 1 aromatic heterocycles. The van der Waals surface area contributed by atoms with Crippen LogP contribution in [0.25, 0.3) is 0 Å². The highest BCUT2D eigenvalue weighted by atomic mass is 19.1. The summed E-state index contributed by atoms with van der Waals surface area (Å²) in [5.74, 6) is -0.0312. The van der Waals surface area contributed by atoms with Crippen LogP contribution in [-0.2, 0) is 0 Å². The van der Waals surface area contributed by atoms with E-state index in [0.29, 0.717) is 5.95 Å². The van der Waals surface area contributed by atoms with Gasteiger partial charge in [0.15, 0.2) is 0 Å². The molecule has 0 aliphatic carbocycles. The zero-order valence-corrected chi connectivity index (χ0v) is 9.03. The first-order chi connectivity index (χ1) is 6.52. The van der Waals surface area contributed by atoms with E-state index >= 15 is 0 Å². The largest absolute Gasteiger partial charge is 0.336 e. The molecule has 0 atom stereocenters. The van der Waals surface area contributed by atoms with Gasteiger partial charge >= 0.3 is 0 Å². The first kappa shape index (κ1) is 10.9. The van der Waals surface area contributed by atoms with E-state index in [4.69, 9.17) is 0 Å². The summed E-state index contributed by atoms with van der Waals surface area (Å²) in [6, 6.07) is 1.77. The van der Waals surface area contributed by atoms with Crippen LogP contribution in [0.15, 0.2) is 12.3 Å². The van der Waals surface area contributed by atoms with Crippen LogP contribution in [0.5, 0.6) is 0 Å². The predicted molar refractivity (Wildman–Crippen MR) is 54.7 cm³/mol. The minimum Gasteiger partial charge on any atom is -0.336 e. The van der Waals surface area contributed by atoms with Gasteiger partial charge in [-0.05, 0) is 27.7 Å². The molecule has 0 fully saturated rings. The molecule has 0 saturated carbocycles. The third-order valence-electron chi connectivity index (χ3n) is 1.95. The normalized spacial score (nSPS) is 11.1. The fraction of sp³-hybridized carbons (Fsp3) is 0.600. The highest BCUT2D eigenvalue weighted by molar-refractivity contribution is 5.31. The molecule has 0 saturated heterocycles. The summed E-state index contributed by atoms with van der Waals surface area (Å²) < 4.78 is 12.9. The number of halogens is 1. The Hall–Kier alpha value is -1.19. The monoisotopic (exact) mass is 197 g/mol. The van der Waals surface area contributed by atoms with Gasteiger partial charge in [0.2, 0.25) is 11.9 Å². The van der Waals surface area contributed by atoms with Crippen molar-refractivity contribution in [3.63, 3.8) is 0 Å². The number of anilines is 1. The summed E-state index contributed by atoms with van der Waals surface area (Å²) in [5, 5.41) is 0. The van der Waals surface area contributed by atoms with Crippen molar-refractivity contribution in [2.24, 2.45) is 0 Å². The summed E-state index contributed by atoms with van der Waals surface area (Å²) in [6.07, 6.45) is 1.44. The highest BCUT2D eigenvalue weighted by Crippen LogP contribution is 2.14. The third kappa shape index (κ3) is 2.40. The molecule has 0 aromatic carbocycles. The summed E-state index contributed by atoms with van der Waals surface area (Å²) in [7, 11) is 0. The van der Waals surface area contributed by atoms with Crippen LogP contribution in [0, 0.1) is 5.95 Å². The molecule has 4 heteroatoms. The molecule has 0 aliphatic rings. The zero-order chi connectivity index (χ0) is 10.7. The molecule has 0 spiro atoms. The summed E-state index contributed by atoms with van der Waals surface area (Å²) in [6.45, 7) is 8.14. The number of hydrogen-bond donors (Lipinski definition) is 0. The average molecular weight is 197 g/mol. The minimum absolute atomic E-state index is 0.261. The van der Waals surface area contributed by atoms with E-state index in [2.05, 4.69) is 9.97 Å². The van der Waals surface area contributed by atoms with E-state index in [1.54, 1.807) is 0 Å². The molecule has 1 heterocycles. The van der Waals surface area contributed by atoms with E-state index < -0.39 is 5.95 Å². The lowest BCUT2D eigenvalue weighted by atomic mass is 10.2. The molecular weight excluding hydrogens is 181 g/mol. The van der Waals surface area contributed by atoms with Crippen molar-refractivity contribution in [1.29, 1.82) is 0 Å². The summed E-state index contributed by atoms with van der Waals surface area (Å²) in [5.41, 5.74) is 0. The van der Waals surface area contributed by atoms with Crippen LogP contribution in [0.3, 0.4) is 0 Å². The second-order valence-electron chi connectivity index (χ2n) is 3.77. The van der Waals surface area contributed by atoms with E-state index in [1.165, 1.54) is 12.3 Å². The maximum atomic E-state index is 12.9. The molecule has 0 aliphatic heterocycles. The lowest BCUT2D eigenvalue weighted by Gasteiger charge is -2.30. The van der Waals surface area contributed by atoms with Crippen molar-refractivity contribution in [3.8, 4) is 0 Å². The molecule has 0 amide bonds. The molecule has 14 heavy (non-hydrogen) atoms. The first-order valence-electron chi connectivity index (χ1n) is 4.79. The topological polar surface area (TPSA) is 29.0 Å². The van der Waals surface area contributed by atoms with E-state index in [-0.39, 0.29) is 12.1 Å². The van der Waals surface area contributed by atoms with Gasteiger partial charge < -0.3 is 4.90 Å². The number of nitrogens with zero attached hydrogens (tertiary/aromatic N) is 3. The average Bonchev–Trinajstić information content (AvgIpc) is 2.02. The molecule has 1 rings (SSSR count). The van der Waals surface area contributed by atoms with Gasteiger partial charge in [-0.2, -0.15) is 9.37 Å². The quantitative estimate of drug-likeness (QED) is 0.696. The van der Waals surface area contributed by atoms with E-state index in [9.17, 15) is 4.39 Å². The lowest BCUT2D eigenvalue weighted by Crippen LogP contribution is -2.38. The summed E-state index contributed by atoms with van der Waals surface area (Å²) in [4.78, 5) is 9.80. The van der Waals surface area contributed by atoms with Gasteiger partial charge in [0.05, 0.1) is 0 Å². The van der Waals surface area contributed by atoms with Gasteiger partial charge in [-0.1, -0.05) is 0 Å². The van der Waals surface area contributed by atoms with Crippen LogP contribution >= 0.6 is 0 Å². The second kappa shape index (κ2) is 4.35. The summed E-state index contributed by atoms with van der Waals surface area (Å²) >= 11 is 0. The number of rotatable bonds is 3. The SMILES string of the molecule is CC(C)N(c1nccc(F)n1)C(C)C. The zero-order valence-electron chi connectivity index (χ0n) is 9.03. The van der Waals surface area contributed by atoms with Crippen molar-refractivity contribution in [2.45, 2.75) is 39.8 Å². The van der Waals surface area contributed by atoms with Crippen molar-refractivity contribution in [2.75, 3.05) is 4.90 Å². The van der Waals surface area contributed by atoms with Crippen LogP contribution in [0.2, 0.25) is 0 Å². The highest BCUT2D eigenvalue weighted by Gasteiger charge is 2.16. The Morgan fingerprint density at radius 2 is 1.79 bits per heavy atom. The van der Waals surface area contributed by atoms with E-state index in [1.807, 2.05) is 32.6 Å². The van der Waals surface area contributed by atoms with Gasteiger partial charge in [-0.3, -0.25) is 0 Å². The Morgan fingerprint density at radius 3 is 2.21 bits per heavy atom. The lowest BCUT2D eigenvalue weighted by molar-refractivity contribution is 0.550. The molecule has 78 valence electrons. The number of aromatic nitrogens is 2. The van der Waals surface area contributed by atoms with Crippen LogP contribution in [0.1, 0.15) is 27.7 Å². The Kier molecular flexibility index (Phi) is 3.38. The van der Waals surface area contributed by atoms with Crippen LogP contribution in [-0.4, -0.2) is 22.1 Å². The molecule has 3 nitrogen and oxygen atoms in total. The van der Waals surface area contributed by atoms with Gasteiger partial charge in [-0.25, -0.2) is 4.98 Å². The fourth-order valence-corrected chi connectivity index (χ4v) is 1.51. The van der Waals surface area contributed by atoms with Crippen LogP contribution in [0.4, 0.5) is 10.3 Å². The maximum Gasteiger partial charge on any atom is 0.228 e. The smallest absolute Gasteiger partial charge is 0.228 e. The molecule has 0 radical (unpaired) electrons. The standard InChI is InChI=1S/C10H16FN3/c1-7(2)14(8(3)4)10-12-6-5-9(11)13-10/h5-8H,1-4H3. The Morgan fingerprint density at radius 1 is 1.21 bits per heavy atom. The molecule has 0 bridgehead atoms. The van der Waals surface area contributed by atoms with E-state index in [0.717, 1.165) is 0 Å². The van der Waals surface area contributed by atoms with Crippen molar-refractivity contribution < 1.29 is 4.39 Å². The Bertz CT molecular complexity index is 291. The Balaban J connectivity index is 2.99. The molecular formula is C10H16FN3. The van der Waals surface area contributed by atoms with Gasteiger partial charge in [0.1, 0.15) is 0 Å². The van der Waals surface area contributed by atoms with Gasteiger partial charge in [-0.15, -0.1) is 0 Å². The van der Waals surface area contributed by atoms with Crippen molar-refractivity contribution in [3.05, 3.63) is 18.2 Å². The predicted octanol–water partition coefficient (Wildman–Crippen LogP) is 2.24. The number of hydrogen-bond acceptors (Lipinski definition) is 3. The molecule has 1 aromatic rings. The third-order valence-corrected chi connectivity index (χ3v) is 1.95. The van der Waals surface area contributed by atoms with Crippen molar-refractivity contribution in [1.82, 2.24) is 9.97 Å².